The molecule has 0 rings (SSSR count). The van der Waals surface area contributed by atoms with E-state index in [0.29, 0.717) is 59.3 Å². The van der Waals surface area contributed by atoms with E-state index >= 15 is 0 Å². The SMILES string of the molecule is CO.OO.OO.OO.OO.[CH2-]O.[CH3-].[CH3-].[CH3-].[CH3-].[CH3-].[O]=[W].[O]=[W].[O]=[W]. The molecule has 16 heteroatoms. The Morgan fingerprint density at radius 1 is 0.435 bits per heavy atom. The molecule has 0 radical (unpaired) electrons. The van der Waals surface area contributed by atoms with Crippen molar-refractivity contribution in [2.75, 3.05) is 7.11 Å². The summed E-state index contributed by atoms with van der Waals surface area (Å²) in [6, 6.07) is 0. The van der Waals surface area contributed by atoms with E-state index in [1.54, 1.807) is 0 Å². The Kier molecular flexibility index (Phi) is 54400. The fourth-order valence-electron chi connectivity index (χ4n) is 0. The second-order valence-corrected chi connectivity index (χ2v) is 0. The van der Waals surface area contributed by atoms with Crippen LogP contribution in [0.3, 0.4) is 0 Å². The molecule has 0 saturated heterocycles. The minimum absolute atomic E-state index is 0. The molecule has 0 aliphatic carbocycles. The van der Waals surface area contributed by atoms with Crippen LogP contribution < -0.4 is 0 Å². The molecular formula is C7H30O13W3-6. The van der Waals surface area contributed by atoms with Crippen LogP contribution in [0.4, 0.5) is 0 Å². The van der Waals surface area contributed by atoms with Crippen LogP contribution in [-0.4, -0.2) is 59.4 Å². The standard InChI is InChI=1S/CH4O.CH3O.5CH3.4H2O2.3O.3W/c2*1-2;;;;;;4*1-2;;;;;;/h2H,1H3;2H,1H2;5*1H3;4*1-2H;;;;;;/q;6*-1;;;;;;;;;;. The molecule has 0 aliphatic heterocycles. The molecule has 0 heterocycles. The number of aliphatic hydroxyl groups is 2. The van der Waals surface area contributed by atoms with Crippen molar-refractivity contribution >= 4 is 0 Å². The van der Waals surface area contributed by atoms with Gasteiger partial charge in [0.1, 0.15) is 0 Å². The van der Waals surface area contributed by atoms with E-state index < -0.39 is 0 Å². The van der Waals surface area contributed by atoms with Gasteiger partial charge in [0, 0.05) is 7.11 Å². The number of aliphatic hydroxyl groups excluding tert-OH is 2. The van der Waals surface area contributed by atoms with Crippen molar-refractivity contribution in [3.63, 3.8) is 0 Å². The molecular weight excluding hydrogens is 844 g/mol. The fraction of sp³-hybridized carbons (Fsp3) is 0.143. The first-order valence-electron chi connectivity index (χ1n) is 2.06. The van der Waals surface area contributed by atoms with E-state index in [2.05, 4.69) is 7.11 Å². The molecule has 0 aromatic heterocycles. The third-order valence-electron chi connectivity index (χ3n) is 0. The topological polar surface area (TPSA) is 254 Å². The van der Waals surface area contributed by atoms with Gasteiger partial charge >= 0.3 is 69.5 Å². The second-order valence-electron chi connectivity index (χ2n) is 0. The van der Waals surface area contributed by atoms with Crippen molar-refractivity contribution < 1.29 is 122 Å². The van der Waals surface area contributed by atoms with E-state index in [-0.39, 0.29) is 37.1 Å². The molecule has 0 aromatic carbocycles. The van der Waals surface area contributed by atoms with Gasteiger partial charge in [0.15, 0.2) is 0 Å². The first-order valence-corrected chi connectivity index (χ1v) is 5.66. The zero-order valence-corrected chi connectivity index (χ0v) is 22.4. The van der Waals surface area contributed by atoms with Gasteiger partial charge in [-0.3, -0.25) is 42.1 Å². The summed E-state index contributed by atoms with van der Waals surface area (Å²) >= 11 is 1.000. The second kappa shape index (κ2) is 9900. The zero-order chi connectivity index (χ0) is 18.0. The monoisotopic (exact) mass is 874 g/mol. The Hall–Kier alpha value is 1.06. The van der Waals surface area contributed by atoms with E-state index in [1.807, 2.05) is 0 Å². The van der Waals surface area contributed by atoms with Crippen LogP contribution in [0.5, 0.6) is 0 Å². The fourth-order valence-corrected chi connectivity index (χ4v) is 0. The summed E-state index contributed by atoms with van der Waals surface area (Å²) in [5.41, 5.74) is 0. The van der Waals surface area contributed by atoms with Gasteiger partial charge < -0.3 is 47.3 Å². The quantitative estimate of drug-likeness (QED) is 0.0947. The Morgan fingerprint density at radius 3 is 0.435 bits per heavy atom. The average molecular weight is 874 g/mol. The van der Waals surface area contributed by atoms with Gasteiger partial charge in [-0.05, 0) is 0 Å². The normalized spacial score (nSPS) is 2.09. The van der Waals surface area contributed by atoms with Crippen molar-refractivity contribution in [1.29, 1.82) is 0 Å². The van der Waals surface area contributed by atoms with Crippen LogP contribution in [0.15, 0.2) is 0 Å². The molecule has 160 valence electrons. The summed E-state index contributed by atoms with van der Waals surface area (Å²) in [6.45, 7) is 0. The minimum atomic E-state index is 0. The summed E-state index contributed by atoms with van der Waals surface area (Å²) in [6.07, 6.45) is 0. The summed E-state index contributed by atoms with van der Waals surface area (Å²) in [5, 5.41) is 61.8. The van der Waals surface area contributed by atoms with Crippen LogP contribution in [0, 0.1) is 44.2 Å². The van der Waals surface area contributed by atoms with Crippen molar-refractivity contribution in [2.24, 2.45) is 0 Å². The van der Waals surface area contributed by atoms with Crippen LogP contribution >= 0.6 is 0 Å². The van der Waals surface area contributed by atoms with Crippen molar-refractivity contribution in [2.45, 2.75) is 0 Å². The predicted molar refractivity (Wildman–Crippen MR) is 70.6 cm³/mol. The van der Waals surface area contributed by atoms with Crippen LogP contribution in [0.2, 0.25) is 0 Å². The van der Waals surface area contributed by atoms with Gasteiger partial charge in [0.05, 0.1) is 0 Å². The first-order chi connectivity index (χ1) is 9.00. The summed E-state index contributed by atoms with van der Waals surface area (Å²) < 4.78 is 25.0. The maximum absolute atomic E-state index is 8.33. The molecule has 0 amide bonds. The third kappa shape index (κ3) is 9020. The Bertz CT molecular complexity index is 36.3. The van der Waals surface area contributed by atoms with Gasteiger partial charge in [0.2, 0.25) is 0 Å². The molecule has 0 fully saturated rings. The van der Waals surface area contributed by atoms with Crippen LogP contribution in [-0.2, 0) is 69.5 Å². The summed E-state index contributed by atoms with van der Waals surface area (Å²) in [7, 11) is 3.25. The Morgan fingerprint density at radius 2 is 0.435 bits per heavy atom. The molecule has 0 atom stereocenters. The van der Waals surface area contributed by atoms with Crippen molar-refractivity contribution in [3.8, 4) is 0 Å². The van der Waals surface area contributed by atoms with Crippen LogP contribution in [0.25, 0.3) is 0 Å². The van der Waals surface area contributed by atoms with Crippen molar-refractivity contribution in [1.82, 2.24) is 0 Å². The Balaban J connectivity index is -0.00000000321. The number of rotatable bonds is 0. The van der Waals surface area contributed by atoms with Gasteiger partial charge in [-0.15, -0.1) is 0 Å². The van der Waals surface area contributed by atoms with Gasteiger partial charge in [-0.25, -0.2) is 7.11 Å². The molecule has 23 heavy (non-hydrogen) atoms. The van der Waals surface area contributed by atoms with E-state index in [0.717, 1.165) is 7.11 Å². The molecule has 10 N–H and O–H groups in total. The number of hydrogen-bond donors (Lipinski definition) is 10. The molecule has 0 spiro atoms. The molecule has 0 saturated carbocycles. The Labute approximate surface area is 172 Å². The molecule has 0 aromatic rings. The van der Waals surface area contributed by atoms with Gasteiger partial charge in [-0.1, -0.05) is 0 Å². The first kappa shape index (κ1) is 126. The van der Waals surface area contributed by atoms with Gasteiger partial charge in [-0.2, -0.15) is 0 Å². The number of hydrogen-bond acceptors (Lipinski definition) is 13. The maximum atomic E-state index is 8.33. The molecule has 0 aliphatic rings. The summed E-state index contributed by atoms with van der Waals surface area (Å²) in [4.78, 5) is 0. The van der Waals surface area contributed by atoms with E-state index in [1.165, 1.54) is 0 Å². The molecule has 13 nitrogen and oxygen atoms in total. The molecule has 0 unspecified atom stereocenters. The van der Waals surface area contributed by atoms with E-state index in [4.69, 9.17) is 62.5 Å². The average Bonchev–Trinajstić information content (AvgIpc) is 2.63. The van der Waals surface area contributed by atoms with Gasteiger partial charge in [0.25, 0.3) is 0 Å². The zero-order valence-electron chi connectivity index (χ0n) is 13.6. The van der Waals surface area contributed by atoms with E-state index in [9.17, 15) is 0 Å². The predicted octanol–water partition coefficient (Wildman–Crippen LogP) is 1.72. The summed E-state index contributed by atoms with van der Waals surface area (Å²) in [5.74, 6) is 0. The van der Waals surface area contributed by atoms with Crippen molar-refractivity contribution in [3.05, 3.63) is 44.2 Å². The molecule has 0 bridgehead atoms. The third-order valence-corrected chi connectivity index (χ3v) is 0. The van der Waals surface area contributed by atoms with Crippen LogP contribution in [0.1, 0.15) is 0 Å².